The molecule has 5 rings (SSSR count). The number of carbonyl (C=O) groups excluding carboxylic acids is 1. The standard InChI is InChI=1S/C24H20N4O3S/c1-3-30-17-10-8-15(9-11-17)19-14-32-24(25-19)18-13-22(28(2)27-18)26-23(29)21-12-16-6-4-5-7-20(16)31-21/h4-14H,3H2,1-2H3,(H,26,29). The summed E-state index contributed by atoms with van der Waals surface area (Å²) in [6.07, 6.45) is 0. The molecule has 5 aromatic rings. The number of furan rings is 1. The number of aromatic nitrogens is 3. The van der Waals surface area contributed by atoms with E-state index in [1.54, 1.807) is 23.9 Å². The quantitative estimate of drug-likeness (QED) is 0.368. The first-order chi connectivity index (χ1) is 15.6. The van der Waals surface area contributed by atoms with Crippen molar-refractivity contribution in [3.8, 4) is 27.7 Å². The van der Waals surface area contributed by atoms with Crippen molar-refractivity contribution in [2.24, 2.45) is 7.05 Å². The summed E-state index contributed by atoms with van der Waals surface area (Å²) in [6.45, 7) is 2.59. The summed E-state index contributed by atoms with van der Waals surface area (Å²) >= 11 is 1.50. The average Bonchev–Trinajstić information content (AvgIpc) is 3.53. The Labute approximate surface area is 188 Å². The van der Waals surface area contributed by atoms with Crippen LogP contribution in [0.15, 0.2) is 70.5 Å². The summed E-state index contributed by atoms with van der Waals surface area (Å²) in [4.78, 5) is 17.4. The third-order valence-corrected chi connectivity index (χ3v) is 5.82. The van der Waals surface area contributed by atoms with Gasteiger partial charge in [-0.1, -0.05) is 18.2 Å². The molecule has 0 unspecified atom stereocenters. The number of carbonyl (C=O) groups is 1. The molecule has 1 N–H and O–H groups in total. The van der Waals surface area contributed by atoms with Crippen molar-refractivity contribution < 1.29 is 13.9 Å². The first-order valence-corrected chi connectivity index (χ1v) is 11.0. The molecular weight excluding hydrogens is 424 g/mol. The second kappa shape index (κ2) is 8.32. The van der Waals surface area contributed by atoms with Crippen LogP contribution in [0.3, 0.4) is 0 Å². The van der Waals surface area contributed by atoms with Gasteiger partial charge in [0, 0.05) is 29.4 Å². The molecule has 0 aliphatic carbocycles. The van der Waals surface area contributed by atoms with Gasteiger partial charge in [0.2, 0.25) is 0 Å². The highest BCUT2D eigenvalue weighted by Gasteiger charge is 2.17. The lowest BCUT2D eigenvalue weighted by molar-refractivity contribution is 0.0998. The lowest BCUT2D eigenvalue weighted by atomic mass is 10.2. The molecule has 0 bridgehead atoms. The molecule has 32 heavy (non-hydrogen) atoms. The second-order valence-electron chi connectivity index (χ2n) is 7.14. The van der Waals surface area contributed by atoms with Crippen LogP contribution in [0.1, 0.15) is 17.5 Å². The molecule has 3 aromatic heterocycles. The Morgan fingerprint density at radius 1 is 1.12 bits per heavy atom. The highest BCUT2D eigenvalue weighted by atomic mass is 32.1. The molecule has 0 aliphatic heterocycles. The van der Waals surface area contributed by atoms with Gasteiger partial charge in [0.1, 0.15) is 27.9 Å². The van der Waals surface area contributed by atoms with Crippen LogP contribution in [-0.4, -0.2) is 27.3 Å². The summed E-state index contributed by atoms with van der Waals surface area (Å²) < 4.78 is 12.8. The fourth-order valence-electron chi connectivity index (χ4n) is 3.37. The van der Waals surface area contributed by atoms with Gasteiger partial charge in [-0.25, -0.2) is 4.98 Å². The minimum absolute atomic E-state index is 0.251. The van der Waals surface area contributed by atoms with Crippen molar-refractivity contribution in [2.45, 2.75) is 6.92 Å². The molecule has 7 nitrogen and oxygen atoms in total. The number of hydrogen-bond acceptors (Lipinski definition) is 6. The molecule has 2 aromatic carbocycles. The largest absolute Gasteiger partial charge is 0.494 e. The number of hydrogen-bond donors (Lipinski definition) is 1. The molecule has 0 saturated heterocycles. The van der Waals surface area contributed by atoms with E-state index < -0.39 is 0 Å². The predicted molar refractivity (Wildman–Crippen MR) is 125 cm³/mol. The maximum absolute atomic E-state index is 12.7. The van der Waals surface area contributed by atoms with Crippen LogP contribution in [0.5, 0.6) is 5.75 Å². The molecule has 0 fully saturated rings. The van der Waals surface area contributed by atoms with Gasteiger partial charge < -0.3 is 14.5 Å². The topological polar surface area (TPSA) is 82.2 Å². The molecular formula is C24H20N4O3S. The Bertz CT molecular complexity index is 1370. The number of nitrogens with one attached hydrogen (secondary N) is 1. The summed E-state index contributed by atoms with van der Waals surface area (Å²) in [5.74, 6) is 1.32. The lowest BCUT2D eigenvalue weighted by Gasteiger charge is -2.03. The monoisotopic (exact) mass is 444 g/mol. The molecule has 0 aliphatic rings. The molecule has 0 saturated carbocycles. The van der Waals surface area contributed by atoms with E-state index in [0.717, 1.165) is 27.4 Å². The maximum atomic E-state index is 12.7. The summed E-state index contributed by atoms with van der Waals surface area (Å²) in [6, 6.07) is 18.9. The third-order valence-electron chi connectivity index (χ3n) is 4.96. The van der Waals surface area contributed by atoms with Crippen LogP contribution in [-0.2, 0) is 7.05 Å². The van der Waals surface area contributed by atoms with E-state index in [2.05, 4.69) is 10.4 Å². The van der Waals surface area contributed by atoms with Gasteiger partial charge in [-0.05, 0) is 43.3 Å². The smallest absolute Gasteiger partial charge is 0.292 e. The highest BCUT2D eigenvalue weighted by molar-refractivity contribution is 7.13. The van der Waals surface area contributed by atoms with Crippen LogP contribution < -0.4 is 10.1 Å². The summed E-state index contributed by atoms with van der Waals surface area (Å²) in [5, 5.41) is 11.0. The van der Waals surface area contributed by atoms with E-state index in [-0.39, 0.29) is 11.7 Å². The number of para-hydroxylation sites is 1. The molecule has 3 heterocycles. The number of thiazole rings is 1. The Hall–Kier alpha value is -3.91. The molecule has 160 valence electrons. The van der Waals surface area contributed by atoms with Crippen molar-refractivity contribution in [1.29, 1.82) is 0 Å². The molecule has 0 atom stereocenters. The highest BCUT2D eigenvalue weighted by Crippen LogP contribution is 2.30. The van der Waals surface area contributed by atoms with Gasteiger partial charge in [-0.3, -0.25) is 9.48 Å². The Morgan fingerprint density at radius 3 is 2.72 bits per heavy atom. The van der Waals surface area contributed by atoms with E-state index in [0.29, 0.717) is 23.7 Å². The predicted octanol–water partition coefficient (Wildman–Crippen LogP) is 5.61. The van der Waals surface area contributed by atoms with Gasteiger partial charge in [-0.2, -0.15) is 5.10 Å². The second-order valence-corrected chi connectivity index (χ2v) is 7.99. The number of amides is 1. The number of aryl methyl sites for hydroxylation is 1. The zero-order valence-electron chi connectivity index (χ0n) is 17.5. The number of fused-ring (bicyclic) bond motifs is 1. The Balaban J connectivity index is 1.34. The van der Waals surface area contributed by atoms with Crippen molar-refractivity contribution >= 4 is 34.0 Å². The molecule has 0 spiro atoms. The van der Waals surface area contributed by atoms with E-state index in [9.17, 15) is 4.79 Å². The van der Waals surface area contributed by atoms with Crippen LogP contribution in [0, 0.1) is 0 Å². The number of ether oxygens (including phenoxy) is 1. The van der Waals surface area contributed by atoms with Crippen molar-refractivity contribution in [3.05, 3.63) is 71.8 Å². The third kappa shape index (κ3) is 3.88. The van der Waals surface area contributed by atoms with E-state index >= 15 is 0 Å². The van der Waals surface area contributed by atoms with Crippen molar-refractivity contribution in [2.75, 3.05) is 11.9 Å². The first kappa shape index (κ1) is 20.0. The van der Waals surface area contributed by atoms with Crippen molar-refractivity contribution in [1.82, 2.24) is 14.8 Å². The van der Waals surface area contributed by atoms with Gasteiger partial charge in [0.05, 0.1) is 12.3 Å². The minimum Gasteiger partial charge on any atom is -0.494 e. The van der Waals surface area contributed by atoms with Gasteiger partial charge in [0.15, 0.2) is 5.76 Å². The van der Waals surface area contributed by atoms with Gasteiger partial charge >= 0.3 is 0 Å². The zero-order chi connectivity index (χ0) is 22.1. The zero-order valence-corrected chi connectivity index (χ0v) is 18.3. The molecule has 8 heteroatoms. The number of nitrogens with zero attached hydrogens (tertiary/aromatic N) is 3. The van der Waals surface area contributed by atoms with E-state index in [1.807, 2.05) is 60.8 Å². The summed E-state index contributed by atoms with van der Waals surface area (Å²) in [7, 11) is 1.78. The maximum Gasteiger partial charge on any atom is 0.292 e. The fourth-order valence-corrected chi connectivity index (χ4v) is 4.16. The summed E-state index contributed by atoms with van der Waals surface area (Å²) in [5.41, 5.74) is 3.24. The minimum atomic E-state index is -0.329. The molecule has 1 amide bonds. The van der Waals surface area contributed by atoms with Crippen LogP contribution >= 0.6 is 11.3 Å². The Kier molecular flexibility index (Phi) is 5.20. The lowest BCUT2D eigenvalue weighted by Crippen LogP contribution is -2.13. The van der Waals surface area contributed by atoms with Crippen molar-refractivity contribution in [3.63, 3.8) is 0 Å². The van der Waals surface area contributed by atoms with Gasteiger partial charge in [-0.15, -0.1) is 11.3 Å². The fraction of sp³-hybridized carbons (Fsp3) is 0.125. The Morgan fingerprint density at radius 2 is 1.94 bits per heavy atom. The van der Waals surface area contributed by atoms with E-state index in [1.165, 1.54) is 11.3 Å². The van der Waals surface area contributed by atoms with Crippen LogP contribution in [0.2, 0.25) is 0 Å². The first-order valence-electron chi connectivity index (χ1n) is 10.1. The normalized spacial score (nSPS) is 11.1. The van der Waals surface area contributed by atoms with Crippen LogP contribution in [0.25, 0.3) is 32.9 Å². The SMILES string of the molecule is CCOc1ccc(-c2csc(-c3cc(NC(=O)c4cc5ccccc5o4)n(C)n3)n2)cc1. The molecule has 0 radical (unpaired) electrons. The number of rotatable bonds is 6. The number of anilines is 1. The van der Waals surface area contributed by atoms with E-state index in [4.69, 9.17) is 14.1 Å². The van der Waals surface area contributed by atoms with Gasteiger partial charge in [0.25, 0.3) is 5.91 Å². The number of benzene rings is 2. The average molecular weight is 445 g/mol. The van der Waals surface area contributed by atoms with Crippen LogP contribution in [0.4, 0.5) is 5.82 Å².